The van der Waals surface area contributed by atoms with E-state index >= 15 is 0 Å². The highest BCUT2D eigenvalue weighted by Gasteiger charge is 2.41. The molecule has 0 saturated carbocycles. The first-order valence-electron chi connectivity index (χ1n) is 7.92. The molecule has 1 aromatic heterocycles. The van der Waals surface area contributed by atoms with Gasteiger partial charge in [-0.1, -0.05) is 11.6 Å². The number of amides is 2. The van der Waals surface area contributed by atoms with Crippen molar-refractivity contribution in [2.75, 3.05) is 19.6 Å². The fourth-order valence-corrected chi connectivity index (χ4v) is 3.36. The van der Waals surface area contributed by atoms with Crippen LogP contribution in [0, 0.1) is 5.92 Å². The Labute approximate surface area is 131 Å². The van der Waals surface area contributed by atoms with Crippen LogP contribution in [0.3, 0.4) is 0 Å². The molecule has 4 rings (SSSR count). The zero-order valence-electron chi connectivity index (χ0n) is 13.2. The molecule has 0 aliphatic carbocycles. The predicted molar refractivity (Wildman–Crippen MR) is 84.4 cm³/mol. The van der Waals surface area contributed by atoms with Crippen LogP contribution in [0.2, 0.25) is 0 Å². The van der Waals surface area contributed by atoms with Crippen LogP contribution in [-0.4, -0.2) is 52.3 Å². The molecule has 2 bridgehead atoms. The van der Waals surface area contributed by atoms with Gasteiger partial charge in [0, 0.05) is 31.9 Å². The van der Waals surface area contributed by atoms with E-state index in [1.165, 1.54) is 5.57 Å². The summed E-state index contributed by atoms with van der Waals surface area (Å²) in [4.78, 5) is 32.0. The Kier molecular flexibility index (Phi) is 4.05. The maximum absolute atomic E-state index is 12.6. The molecule has 4 heterocycles. The maximum Gasteiger partial charge on any atom is 0.270 e. The number of carbonyl (C=O) groups excluding carboxylic acids is 2. The summed E-state index contributed by atoms with van der Waals surface area (Å²) in [7, 11) is 0. The summed E-state index contributed by atoms with van der Waals surface area (Å²) in [5.74, 6) is 0.150. The third-order valence-corrected chi connectivity index (χ3v) is 4.61. The van der Waals surface area contributed by atoms with Gasteiger partial charge in [-0.3, -0.25) is 9.59 Å². The molecule has 1 N–H and O–H groups in total. The molecule has 3 aliphatic rings. The summed E-state index contributed by atoms with van der Waals surface area (Å²) in [6.45, 7) is 5.92. The Bertz CT molecular complexity index is 587. The summed E-state index contributed by atoms with van der Waals surface area (Å²) in [6, 6.07) is 3.75. The van der Waals surface area contributed by atoms with Gasteiger partial charge in [0.05, 0.1) is 5.92 Å². The summed E-state index contributed by atoms with van der Waals surface area (Å²) in [5.41, 5.74) is 1.82. The van der Waals surface area contributed by atoms with Crippen LogP contribution in [0.5, 0.6) is 0 Å². The fourth-order valence-electron chi connectivity index (χ4n) is 3.36. The molecular weight excluding hydrogens is 278 g/mol. The van der Waals surface area contributed by atoms with E-state index in [1.807, 2.05) is 29.7 Å². The number of nitrogens with zero attached hydrogens (tertiary/aromatic N) is 2. The molecule has 22 heavy (non-hydrogen) atoms. The highest BCUT2D eigenvalue weighted by molar-refractivity contribution is 5.93. The molecule has 118 valence electrons. The van der Waals surface area contributed by atoms with Crippen molar-refractivity contribution in [2.24, 2.45) is 5.92 Å². The normalized spacial score (nSPS) is 24.4. The van der Waals surface area contributed by atoms with Crippen LogP contribution in [-0.2, 0) is 4.79 Å². The number of rotatable bonds is 3. The molecule has 0 radical (unpaired) electrons. The molecule has 0 unspecified atom stereocenters. The maximum atomic E-state index is 12.6. The number of fused-ring (bicyclic) bond motifs is 4. The standard InChI is InChI=1S/C17H23N3O2/c1-12(2)7-9-20-14-6-5-13(16(20)21)10-19(11-14)17(22)15-4-3-8-18-15/h3-4,7-8,13-14,18H,5-6,9-11H2,1-2H3/t13-,14+/m1/s1. The van der Waals surface area contributed by atoms with Crippen molar-refractivity contribution in [1.82, 2.24) is 14.8 Å². The van der Waals surface area contributed by atoms with Gasteiger partial charge >= 0.3 is 0 Å². The van der Waals surface area contributed by atoms with Crippen molar-refractivity contribution in [2.45, 2.75) is 32.7 Å². The molecule has 3 saturated heterocycles. The number of aromatic nitrogens is 1. The van der Waals surface area contributed by atoms with Crippen molar-refractivity contribution >= 4 is 11.8 Å². The molecule has 0 spiro atoms. The number of allylic oxidation sites excluding steroid dienone is 1. The Morgan fingerprint density at radius 3 is 2.86 bits per heavy atom. The minimum absolute atomic E-state index is 0.00114. The predicted octanol–water partition coefficient (Wildman–Crippen LogP) is 2.04. The lowest BCUT2D eigenvalue weighted by molar-refractivity contribution is -0.139. The SMILES string of the molecule is CC(C)=CCN1C(=O)[C@@H]2CC[C@H]1CN(C(=O)c1ccc[nH]1)C2. The van der Waals surface area contributed by atoms with Gasteiger partial charge in [-0.25, -0.2) is 0 Å². The van der Waals surface area contributed by atoms with Gasteiger partial charge in [0.2, 0.25) is 5.91 Å². The van der Waals surface area contributed by atoms with E-state index in [0.717, 1.165) is 12.8 Å². The number of carbonyl (C=O) groups is 2. The van der Waals surface area contributed by atoms with Crippen molar-refractivity contribution in [3.63, 3.8) is 0 Å². The summed E-state index contributed by atoms with van der Waals surface area (Å²) in [6.07, 6.45) is 5.73. The molecular formula is C17H23N3O2. The van der Waals surface area contributed by atoms with E-state index in [-0.39, 0.29) is 23.8 Å². The Hall–Kier alpha value is -2.04. The molecule has 5 nitrogen and oxygen atoms in total. The lowest BCUT2D eigenvalue weighted by atomic mass is 9.94. The van der Waals surface area contributed by atoms with Crippen LogP contribution in [0.15, 0.2) is 30.0 Å². The van der Waals surface area contributed by atoms with E-state index in [1.54, 1.807) is 12.3 Å². The number of aromatic amines is 1. The van der Waals surface area contributed by atoms with E-state index in [4.69, 9.17) is 0 Å². The number of hydrogen-bond acceptors (Lipinski definition) is 2. The second kappa shape index (κ2) is 5.99. The van der Waals surface area contributed by atoms with Crippen molar-refractivity contribution in [3.05, 3.63) is 35.7 Å². The topological polar surface area (TPSA) is 56.4 Å². The van der Waals surface area contributed by atoms with E-state index in [9.17, 15) is 9.59 Å². The second-order valence-corrected chi connectivity index (χ2v) is 6.49. The molecule has 1 aromatic rings. The Morgan fingerprint density at radius 2 is 2.18 bits per heavy atom. The van der Waals surface area contributed by atoms with E-state index < -0.39 is 0 Å². The first-order valence-corrected chi connectivity index (χ1v) is 7.92. The lowest BCUT2D eigenvalue weighted by Crippen LogP contribution is -2.48. The third-order valence-electron chi connectivity index (χ3n) is 4.61. The van der Waals surface area contributed by atoms with Crippen LogP contribution < -0.4 is 0 Å². The second-order valence-electron chi connectivity index (χ2n) is 6.49. The zero-order chi connectivity index (χ0) is 15.7. The fraction of sp³-hybridized carbons (Fsp3) is 0.529. The zero-order valence-corrected chi connectivity index (χ0v) is 13.2. The Morgan fingerprint density at radius 1 is 1.36 bits per heavy atom. The van der Waals surface area contributed by atoms with Gasteiger partial charge in [0.25, 0.3) is 5.91 Å². The van der Waals surface area contributed by atoms with Gasteiger partial charge in [0.15, 0.2) is 0 Å². The van der Waals surface area contributed by atoms with Crippen molar-refractivity contribution < 1.29 is 9.59 Å². The summed E-state index contributed by atoms with van der Waals surface area (Å²) in [5, 5.41) is 0. The highest BCUT2D eigenvalue weighted by atomic mass is 16.2. The molecule has 2 atom stereocenters. The average Bonchev–Trinajstić information content (AvgIpc) is 2.88. The number of H-pyrrole nitrogens is 1. The molecule has 2 amide bonds. The lowest BCUT2D eigenvalue weighted by Gasteiger charge is -2.35. The highest BCUT2D eigenvalue weighted by Crippen LogP contribution is 2.29. The Balaban J connectivity index is 1.79. The van der Waals surface area contributed by atoms with Gasteiger partial charge in [-0.15, -0.1) is 0 Å². The molecule has 5 heteroatoms. The molecule has 0 aromatic carbocycles. The molecule has 3 fully saturated rings. The van der Waals surface area contributed by atoms with E-state index in [2.05, 4.69) is 11.1 Å². The number of hydrogen-bond donors (Lipinski definition) is 1. The van der Waals surface area contributed by atoms with Gasteiger partial charge in [-0.2, -0.15) is 0 Å². The first-order chi connectivity index (χ1) is 10.6. The monoisotopic (exact) mass is 301 g/mol. The minimum atomic E-state index is -0.0526. The first kappa shape index (κ1) is 14.9. The van der Waals surface area contributed by atoms with Crippen molar-refractivity contribution in [1.29, 1.82) is 0 Å². The average molecular weight is 301 g/mol. The molecule has 3 aliphatic heterocycles. The van der Waals surface area contributed by atoms with Gasteiger partial charge in [0.1, 0.15) is 5.69 Å². The van der Waals surface area contributed by atoms with Crippen LogP contribution in [0.25, 0.3) is 0 Å². The minimum Gasteiger partial charge on any atom is -0.357 e. The van der Waals surface area contributed by atoms with Gasteiger partial charge in [-0.05, 0) is 38.8 Å². The van der Waals surface area contributed by atoms with Crippen LogP contribution >= 0.6 is 0 Å². The van der Waals surface area contributed by atoms with Crippen molar-refractivity contribution in [3.8, 4) is 0 Å². The summed E-state index contributed by atoms with van der Waals surface area (Å²) < 4.78 is 0. The summed E-state index contributed by atoms with van der Waals surface area (Å²) >= 11 is 0. The van der Waals surface area contributed by atoms with Gasteiger partial charge < -0.3 is 14.8 Å². The van der Waals surface area contributed by atoms with Crippen LogP contribution in [0.1, 0.15) is 37.2 Å². The van der Waals surface area contributed by atoms with E-state index in [0.29, 0.717) is 25.3 Å². The van der Waals surface area contributed by atoms with Crippen LogP contribution in [0.4, 0.5) is 0 Å². The number of piperidine rings is 1. The number of nitrogens with one attached hydrogen (secondary N) is 1. The quantitative estimate of drug-likeness (QED) is 0.869. The largest absolute Gasteiger partial charge is 0.357 e. The third kappa shape index (κ3) is 2.80. The smallest absolute Gasteiger partial charge is 0.270 e.